The van der Waals surface area contributed by atoms with Crippen LogP contribution in [0.1, 0.15) is 53.4 Å². The second kappa shape index (κ2) is 12.1. The van der Waals surface area contributed by atoms with Crippen LogP contribution in [0.4, 0.5) is 0 Å². The summed E-state index contributed by atoms with van der Waals surface area (Å²) in [6, 6.07) is -0.574. The van der Waals surface area contributed by atoms with Crippen LogP contribution in [0, 0.1) is 11.3 Å². The minimum atomic E-state index is -1.07. The third-order valence-corrected chi connectivity index (χ3v) is 5.94. The second-order valence-electron chi connectivity index (χ2n) is 8.87. The SMILES string of the molecule is CNC(=O)[C@@H](NC(=O)[C@H](C)CC(C)=C1C(=O)CC(C)(C)CC1=O)N[C@H](C=O)CCSC. The quantitative estimate of drug-likeness (QED) is 0.187. The molecule has 3 N–H and O–H groups in total. The van der Waals surface area contributed by atoms with Crippen LogP contribution in [-0.4, -0.2) is 60.9 Å². The molecule has 1 aliphatic carbocycles. The Labute approximate surface area is 188 Å². The smallest absolute Gasteiger partial charge is 0.257 e. The number of hydrogen-bond acceptors (Lipinski definition) is 7. The van der Waals surface area contributed by atoms with Crippen LogP contribution in [-0.2, 0) is 24.0 Å². The Morgan fingerprint density at radius 3 is 2.23 bits per heavy atom. The summed E-state index contributed by atoms with van der Waals surface area (Å²) in [6.45, 7) is 7.16. The molecule has 1 saturated carbocycles. The zero-order chi connectivity index (χ0) is 23.8. The Morgan fingerprint density at radius 1 is 1.16 bits per heavy atom. The number of amides is 2. The van der Waals surface area contributed by atoms with Crippen molar-refractivity contribution in [2.24, 2.45) is 11.3 Å². The first-order valence-electron chi connectivity index (χ1n) is 10.4. The molecule has 1 aliphatic rings. The Balaban J connectivity index is 2.87. The van der Waals surface area contributed by atoms with Gasteiger partial charge in [0.2, 0.25) is 5.91 Å². The standard InChI is InChI=1S/C22H35N3O5S/c1-13(18-16(27)10-22(3,4)11-17(18)28)9-14(2)20(29)25-19(21(30)23-5)24-15(12-26)7-8-31-6/h12,14-15,19,24H,7-11H2,1-6H3,(H,23,30)(H,25,29)/t14-,15+,19-/m1/s1. The molecule has 0 aromatic rings. The van der Waals surface area contributed by atoms with E-state index in [1.54, 1.807) is 25.6 Å². The van der Waals surface area contributed by atoms with E-state index in [-0.39, 0.29) is 29.0 Å². The lowest BCUT2D eigenvalue weighted by Gasteiger charge is -2.30. The van der Waals surface area contributed by atoms with Crippen LogP contribution in [0.5, 0.6) is 0 Å². The van der Waals surface area contributed by atoms with Gasteiger partial charge >= 0.3 is 0 Å². The minimum Gasteiger partial charge on any atom is -0.356 e. The number of carbonyl (C=O) groups excluding carboxylic acids is 5. The highest BCUT2D eigenvalue weighted by Gasteiger charge is 2.37. The predicted octanol–water partition coefficient (Wildman–Crippen LogP) is 1.39. The molecule has 0 aromatic heterocycles. The Kier molecular flexibility index (Phi) is 10.6. The van der Waals surface area contributed by atoms with E-state index in [2.05, 4.69) is 16.0 Å². The lowest BCUT2D eigenvalue weighted by molar-refractivity contribution is -0.131. The molecule has 31 heavy (non-hydrogen) atoms. The number of carbonyl (C=O) groups is 5. The zero-order valence-corrected chi connectivity index (χ0v) is 20.1. The lowest BCUT2D eigenvalue weighted by Crippen LogP contribution is -2.58. The van der Waals surface area contributed by atoms with Gasteiger partial charge in [-0.1, -0.05) is 26.3 Å². The van der Waals surface area contributed by atoms with Gasteiger partial charge in [0.1, 0.15) is 6.29 Å². The van der Waals surface area contributed by atoms with Crippen molar-refractivity contribution in [2.45, 2.75) is 65.6 Å². The number of ketones is 2. The summed E-state index contributed by atoms with van der Waals surface area (Å²) in [4.78, 5) is 61.2. The van der Waals surface area contributed by atoms with Crippen molar-refractivity contribution in [3.8, 4) is 0 Å². The Bertz CT molecular complexity index is 725. The number of rotatable bonds is 11. The summed E-state index contributed by atoms with van der Waals surface area (Å²) in [7, 11) is 1.45. The van der Waals surface area contributed by atoms with E-state index in [1.165, 1.54) is 7.05 Å². The topological polar surface area (TPSA) is 121 Å². The van der Waals surface area contributed by atoms with E-state index in [4.69, 9.17) is 0 Å². The second-order valence-corrected chi connectivity index (χ2v) is 9.86. The van der Waals surface area contributed by atoms with E-state index >= 15 is 0 Å². The van der Waals surface area contributed by atoms with Crippen molar-refractivity contribution in [3.63, 3.8) is 0 Å². The molecule has 0 bridgehead atoms. The number of hydrogen-bond donors (Lipinski definition) is 3. The fraction of sp³-hybridized carbons (Fsp3) is 0.682. The number of allylic oxidation sites excluding steroid dienone is 2. The van der Waals surface area contributed by atoms with Gasteiger partial charge < -0.3 is 15.4 Å². The first-order chi connectivity index (χ1) is 14.4. The molecule has 1 fully saturated rings. The van der Waals surface area contributed by atoms with Gasteiger partial charge in [-0.05, 0) is 37.2 Å². The average molecular weight is 454 g/mol. The molecule has 3 atom stereocenters. The Hall–Kier alpha value is -2.00. The molecule has 8 nitrogen and oxygen atoms in total. The summed E-state index contributed by atoms with van der Waals surface area (Å²) in [5.74, 6) is -1.08. The molecule has 0 heterocycles. The summed E-state index contributed by atoms with van der Waals surface area (Å²) in [5, 5.41) is 7.97. The van der Waals surface area contributed by atoms with Crippen molar-refractivity contribution in [3.05, 3.63) is 11.1 Å². The van der Waals surface area contributed by atoms with Crippen LogP contribution in [0.25, 0.3) is 0 Å². The number of likely N-dealkylation sites (N-methyl/N-ethyl adjacent to an activating group) is 1. The van der Waals surface area contributed by atoms with Crippen molar-refractivity contribution in [2.75, 3.05) is 19.1 Å². The molecule has 0 saturated heterocycles. The van der Waals surface area contributed by atoms with Crippen molar-refractivity contribution in [1.82, 2.24) is 16.0 Å². The molecule has 174 valence electrons. The monoisotopic (exact) mass is 453 g/mol. The molecule has 0 aromatic carbocycles. The highest BCUT2D eigenvalue weighted by molar-refractivity contribution is 7.98. The summed E-state index contributed by atoms with van der Waals surface area (Å²) in [5.41, 5.74) is 0.444. The summed E-state index contributed by atoms with van der Waals surface area (Å²) in [6.07, 6.45) is 2.93. The van der Waals surface area contributed by atoms with Gasteiger partial charge in [0.25, 0.3) is 5.91 Å². The highest BCUT2D eigenvalue weighted by atomic mass is 32.2. The van der Waals surface area contributed by atoms with Gasteiger partial charge in [0, 0.05) is 25.8 Å². The number of thioether (sulfide) groups is 1. The van der Waals surface area contributed by atoms with Gasteiger partial charge in [0.05, 0.1) is 11.6 Å². The number of aldehydes is 1. The molecule has 0 unspecified atom stereocenters. The maximum atomic E-state index is 12.7. The summed E-state index contributed by atoms with van der Waals surface area (Å²) >= 11 is 1.58. The molecular weight excluding hydrogens is 418 g/mol. The minimum absolute atomic E-state index is 0.182. The van der Waals surface area contributed by atoms with Crippen LogP contribution < -0.4 is 16.0 Å². The molecule has 1 rings (SSSR count). The molecular formula is C22H35N3O5S. The highest BCUT2D eigenvalue weighted by Crippen LogP contribution is 2.35. The maximum absolute atomic E-state index is 12.7. The van der Waals surface area contributed by atoms with Gasteiger partial charge in [0.15, 0.2) is 17.7 Å². The van der Waals surface area contributed by atoms with Crippen molar-refractivity contribution in [1.29, 1.82) is 0 Å². The Morgan fingerprint density at radius 2 is 1.74 bits per heavy atom. The third-order valence-electron chi connectivity index (χ3n) is 5.30. The largest absolute Gasteiger partial charge is 0.356 e. The number of nitrogens with one attached hydrogen (secondary N) is 3. The van der Waals surface area contributed by atoms with Crippen LogP contribution in [0.2, 0.25) is 0 Å². The van der Waals surface area contributed by atoms with Gasteiger partial charge in [-0.3, -0.25) is 24.5 Å². The molecule has 0 spiro atoms. The van der Waals surface area contributed by atoms with E-state index in [0.29, 0.717) is 24.8 Å². The third kappa shape index (κ3) is 8.22. The summed E-state index contributed by atoms with van der Waals surface area (Å²) < 4.78 is 0. The van der Waals surface area contributed by atoms with Crippen molar-refractivity contribution >= 4 is 41.4 Å². The molecule has 0 radical (unpaired) electrons. The van der Waals surface area contributed by atoms with E-state index in [9.17, 15) is 24.0 Å². The molecule has 9 heteroatoms. The van der Waals surface area contributed by atoms with Gasteiger partial charge in [-0.15, -0.1) is 0 Å². The fourth-order valence-electron chi connectivity index (χ4n) is 3.66. The van der Waals surface area contributed by atoms with E-state index in [1.807, 2.05) is 20.1 Å². The van der Waals surface area contributed by atoms with Gasteiger partial charge in [-0.25, -0.2) is 0 Å². The fourth-order valence-corrected chi connectivity index (χ4v) is 4.15. The molecule has 2 amide bonds. The van der Waals surface area contributed by atoms with Gasteiger partial charge in [-0.2, -0.15) is 11.8 Å². The number of Topliss-reactive ketones (excluding diaryl/α,β-unsaturated/α-hetero) is 2. The van der Waals surface area contributed by atoms with Crippen LogP contribution in [0.15, 0.2) is 11.1 Å². The van der Waals surface area contributed by atoms with Crippen LogP contribution in [0.3, 0.4) is 0 Å². The van der Waals surface area contributed by atoms with Crippen molar-refractivity contribution < 1.29 is 24.0 Å². The first kappa shape index (κ1) is 27.0. The normalized spacial score (nSPS) is 18.7. The average Bonchev–Trinajstić information content (AvgIpc) is 2.67. The van der Waals surface area contributed by atoms with E-state index in [0.717, 1.165) is 12.0 Å². The lowest BCUT2D eigenvalue weighted by atomic mass is 9.72. The predicted molar refractivity (Wildman–Crippen MR) is 121 cm³/mol. The van der Waals surface area contributed by atoms with E-state index < -0.39 is 29.9 Å². The van der Waals surface area contributed by atoms with Crippen LogP contribution >= 0.6 is 11.8 Å². The first-order valence-corrected chi connectivity index (χ1v) is 11.8. The maximum Gasteiger partial charge on any atom is 0.257 e. The molecule has 0 aliphatic heterocycles. The zero-order valence-electron chi connectivity index (χ0n) is 19.3.